The van der Waals surface area contributed by atoms with Crippen molar-refractivity contribution in [2.75, 3.05) is 0 Å². The Balaban J connectivity index is 0. The predicted molar refractivity (Wildman–Crippen MR) is 146 cm³/mol. The topological polar surface area (TPSA) is 74.6 Å². The van der Waals surface area contributed by atoms with E-state index in [1.54, 1.807) is 0 Å². The van der Waals surface area contributed by atoms with Crippen LogP contribution in [0.3, 0.4) is 0 Å². The van der Waals surface area contributed by atoms with E-state index < -0.39 is 11.9 Å². The molecule has 0 aliphatic rings. The van der Waals surface area contributed by atoms with Crippen molar-refractivity contribution in [3.05, 3.63) is 24.3 Å². The van der Waals surface area contributed by atoms with Crippen molar-refractivity contribution in [3.63, 3.8) is 0 Å². The largest absolute Gasteiger partial charge is 0.481 e. The van der Waals surface area contributed by atoms with Crippen molar-refractivity contribution in [1.82, 2.24) is 0 Å². The van der Waals surface area contributed by atoms with Crippen LogP contribution in [-0.2, 0) is 9.59 Å². The maximum Gasteiger partial charge on any atom is 0.303 e. The monoisotopic (exact) mass is 480 g/mol. The molecule has 0 unspecified atom stereocenters. The van der Waals surface area contributed by atoms with Gasteiger partial charge < -0.3 is 10.2 Å². The van der Waals surface area contributed by atoms with Crippen LogP contribution in [0.5, 0.6) is 0 Å². The summed E-state index contributed by atoms with van der Waals surface area (Å²) in [7, 11) is 0. The zero-order valence-electron chi connectivity index (χ0n) is 22.6. The van der Waals surface area contributed by atoms with Gasteiger partial charge in [-0.15, -0.1) is 0 Å². The Hall–Kier alpha value is -1.58. The van der Waals surface area contributed by atoms with Crippen LogP contribution in [0.25, 0.3) is 0 Å². The molecule has 4 heteroatoms. The first-order chi connectivity index (χ1) is 16.5. The van der Waals surface area contributed by atoms with E-state index in [0.29, 0.717) is 12.8 Å². The molecular weight excluding hydrogens is 424 g/mol. The van der Waals surface area contributed by atoms with E-state index in [2.05, 4.69) is 38.2 Å². The normalized spacial score (nSPS) is 11.1. The fourth-order valence-electron chi connectivity index (χ4n) is 3.70. The van der Waals surface area contributed by atoms with Gasteiger partial charge in [-0.1, -0.05) is 109 Å². The van der Waals surface area contributed by atoms with Gasteiger partial charge in [0.2, 0.25) is 0 Å². The van der Waals surface area contributed by atoms with Gasteiger partial charge in [-0.25, -0.2) is 0 Å². The van der Waals surface area contributed by atoms with Crippen LogP contribution >= 0.6 is 0 Å². The zero-order chi connectivity index (χ0) is 25.5. The average molecular weight is 481 g/mol. The molecule has 2 N–H and O–H groups in total. The highest BCUT2D eigenvalue weighted by Crippen LogP contribution is 2.10. The SMILES string of the molecule is CCC=CCCCCCCCC(=O)O.CCCCCCCC/C=C\CCCCCCCC(=O)O. The van der Waals surface area contributed by atoms with Crippen LogP contribution in [0.1, 0.15) is 155 Å². The molecule has 34 heavy (non-hydrogen) atoms. The third-order valence-electron chi connectivity index (χ3n) is 5.82. The lowest BCUT2D eigenvalue weighted by Gasteiger charge is -1.99. The summed E-state index contributed by atoms with van der Waals surface area (Å²) in [5, 5.41) is 16.9. The molecule has 0 aromatic rings. The Bertz CT molecular complexity index is 482. The first kappa shape index (κ1) is 34.6. The molecule has 0 aromatic carbocycles. The van der Waals surface area contributed by atoms with Crippen LogP contribution < -0.4 is 0 Å². The Labute approximate surface area is 211 Å². The quantitative estimate of drug-likeness (QED) is 0.106. The van der Waals surface area contributed by atoms with Crippen molar-refractivity contribution >= 4 is 11.9 Å². The van der Waals surface area contributed by atoms with Crippen LogP contribution in [0.4, 0.5) is 0 Å². The minimum absolute atomic E-state index is 0.329. The molecule has 0 saturated carbocycles. The van der Waals surface area contributed by atoms with E-state index in [0.717, 1.165) is 32.1 Å². The number of hydrogen-bond donors (Lipinski definition) is 2. The van der Waals surface area contributed by atoms with Gasteiger partial charge in [-0.3, -0.25) is 9.59 Å². The van der Waals surface area contributed by atoms with Gasteiger partial charge >= 0.3 is 11.9 Å². The van der Waals surface area contributed by atoms with Gasteiger partial charge in [0.05, 0.1) is 0 Å². The molecular formula is C30H56O4. The Morgan fingerprint density at radius 2 is 0.794 bits per heavy atom. The summed E-state index contributed by atoms with van der Waals surface area (Å²) in [6.45, 7) is 4.40. The summed E-state index contributed by atoms with van der Waals surface area (Å²) < 4.78 is 0. The summed E-state index contributed by atoms with van der Waals surface area (Å²) in [6.07, 6.45) is 33.8. The summed E-state index contributed by atoms with van der Waals surface area (Å²) in [4.78, 5) is 20.5. The highest BCUT2D eigenvalue weighted by atomic mass is 16.4. The van der Waals surface area contributed by atoms with E-state index in [4.69, 9.17) is 10.2 Å². The van der Waals surface area contributed by atoms with Crippen molar-refractivity contribution in [2.24, 2.45) is 0 Å². The van der Waals surface area contributed by atoms with E-state index in [9.17, 15) is 9.59 Å². The molecule has 200 valence electrons. The van der Waals surface area contributed by atoms with Crippen molar-refractivity contribution in [2.45, 2.75) is 155 Å². The third-order valence-corrected chi connectivity index (χ3v) is 5.82. The zero-order valence-corrected chi connectivity index (χ0v) is 22.6. The number of carbonyl (C=O) groups is 2. The lowest BCUT2D eigenvalue weighted by molar-refractivity contribution is -0.138. The first-order valence-corrected chi connectivity index (χ1v) is 14.3. The maximum absolute atomic E-state index is 10.3. The Kier molecular flexibility index (Phi) is 32.0. The maximum atomic E-state index is 10.3. The second-order valence-corrected chi connectivity index (χ2v) is 9.31. The number of unbranched alkanes of at least 4 members (excludes halogenated alkanes) is 16. The summed E-state index contributed by atoms with van der Waals surface area (Å²) in [5.41, 5.74) is 0. The second kappa shape index (κ2) is 31.4. The summed E-state index contributed by atoms with van der Waals surface area (Å²) >= 11 is 0. The van der Waals surface area contributed by atoms with Gasteiger partial charge in [0.15, 0.2) is 0 Å². The molecule has 0 aromatic heterocycles. The lowest BCUT2D eigenvalue weighted by atomic mass is 10.1. The minimum atomic E-state index is -0.670. The highest BCUT2D eigenvalue weighted by molar-refractivity contribution is 5.66. The number of carboxylic acid groups (broad SMARTS) is 2. The van der Waals surface area contributed by atoms with Gasteiger partial charge in [-0.05, 0) is 57.8 Å². The molecule has 4 nitrogen and oxygen atoms in total. The molecule has 0 radical (unpaired) electrons. The van der Waals surface area contributed by atoms with E-state index in [1.807, 2.05) is 0 Å². The molecule has 0 atom stereocenters. The number of hydrogen-bond acceptors (Lipinski definition) is 2. The Morgan fingerprint density at radius 3 is 1.15 bits per heavy atom. The van der Waals surface area contributed by atoms with Crippen molar-refractivity contribution < 1.29 is 19.8 Å². The van der Waals surface area contributed by atoms with Gasteiger partial charge in [0.25, 0.3) is 0 Å². The van der Waals surface area contributed by atoms with E-state index in [1.165, 1.54) is 96.3 Å². The number of carboxylic acids is 2. The number of rotatable bonds is 24. The second-order valence-electron chi connectivity index (χ2n) is 9.31. The van der Waals surface area contributed by atoms with Gasteiger partial charge in [0, 0.05) is 12.8 Å². The average Bonchev–Trinajstić information content (AvgIpc) is 2.80. The number of aliphatic carboxylic acids is 2. The van der Waals surface area contributed by atoms with Gasteiger partial charge in [-0.2, -0.15) is 0 Å². The molecule has 0 aliphatic carbocycles. The fourth-order valence-corrected chi connectivity index (χ4v) is 3.70. The Morgan fingerprint density at radius 1 is 0.471 bits per heavy atom. The van der Waals surface area contributed by atoms with Crippen molar-refractivity contribution in [3.8, 4) is 0 Å². The molecule has 0 rings (SSSR count). The molecule has 0 spiro atoms. The molecule has 0 amide bonds. The van der Waals surface area contributed by atoms with Crippen LogP contribution in [0.2, 0.25) is 0 Å². The molecule has 0 saturated heterocycles. The third kappa shape index (κ3) is 37.7. The first-order valence-electron chi connectivity index (χ1n) is 14.3. The standard InChI is InChI=1S/C18H34O2.C12H22O2/c1-2-3-4-5-6-7-8-9-10-11-12-13-14-15-16-17-18(19)20;1-2-3-4-5-6-7-8-9-10-11-12(13)14/h9-10H,2-8,11-17H2,1H3,(H,19,20);3-4H,2,5-11H2,1H3,(H,13,14)/b10-9-;. The van der Waals surface area contributed by atoms with Crippen molar-refractivity contribution in [1.29, 1.82) is 0 Å². The molecule has 0 bridgehead atoms. The van der Waals surface area contributed by atoms with Crippen LogP contribution in [0.15, 0.2) is 24.3 Å². The summed E-state index contributed by atoms with van der Waals surface area (Å²) in [6, 6.07) is 0. The van der Waals surface area contributed by atoms with E-state index in [-0.39, 0.29) is 0 Å². The predicted octanol–water partition coefficient (Wildman–Crippen LogP) is 9.88. The van der Waals surface area contributed by atoms with Crippen LogP contribution in [-0.4, -0.2) is 22.2 Å². The van der Waals surface area contributed by atoms with Gasteiger partial charge in [0.1, 0.15) is 0 Å². The summed E-state index contributed by atoms with van der Waals surface area (Å²) in [5.74, 6) is -1.33. The highest BCUT2D eigenvalue weighted by Gasteiger charge is 1.96. The minimum Gasteiger partial charge on any atom is -0.481 e. The molecule has 0 heterocycles. The smallest absolute Gasteiger partial charge is 0.303 e. The number of allylic oxidation sites excluding steroid dienone is 4. The molecule has 0 aliphatic heterocycles. The van der Waals surface area contributed by atoms with E-state index >= 15 is 0 Å². The lowest BCUT2D eigenvalue weighted by Crippen LogP contribution is -1.93. The van der Waals surface area contributed by atoms with Crippen LogP contribution in [0, 0.1) is 0 Å². The fraction of sp³-hybridized carbons (Fsp3) is 0.800. The molecule has 0 fully saturated rings.